The first-order valence-corrected chi connectivity index (χ1v) is 10.2. The van der Waals surface area contributed by atoms with E-state index < -0.39 is 5.97 Å². The lowest BCUT2D eigenvalue weighted by Gasteiger charge is -2.19. The van der Waals surface area contributed by atoms with Gasteiger partial charge in [0.15, 0.2) is 0 Å². The number of likely N-dealkylation sites (tertiary alicyclic amines) is 1. The van der Waals surface area contributed by atoms with Crippen LogP contribution in [-0.2, 0) is 26.3 Å². The molecule has 154 valence electrons. The summed E-state index contributed by atoms with van der Waals surface area (Å²) in [5.74, 6) is 0.0939. The molecule has 7 heteroatoms. The zero-order valence-electron chi connectivity index (χ0n) is 17.0. The van der Waals surface area contributed by atoms with Crippen molar-refractivity contribution in [1.29, 1.82) is 0 Å². The molecular formula is C22H27N3O4. The van der Waals surface area contributed by atoms with Gasteiger partial charge >= 0.3 is 5.97 Å². The van der Waals surface area contributed by atoms with Gasteiger partial charge in [0, 0.05) is 25.7 Å². The van der Waals surface area contributed by atoms with E-state index in [2.05, 4.69) is 5.10 Å². The van der Waals surface area contributed by atoms with Crippen LogP contribution < -0.4 is 4.74 Å². The average Bonchev–Trinajstić information content (AvgIpc) is 3.31. The maximum atomic E-state index is 13.2. The monoisotopic (exact) mass is 397 g/mol. The predicted octanol–water partition coefficient (Wildman–Crippen LogP) is 2.71. The highest BCUT2D eigenvalue weighted by molar-refractivity contribution is 5.94. The number of methoxy groups -OCH3 is 1. The van der Waals surface area contributed by atoms with Gasteiger partial charge in [-0.15, -0.1) is 0 Å². The first kappa shape index (κ1) is 19.5. The van der Waals surface area contributed by atoms with Crippen LogP contribution in [0.4, 0.5) is 0 Å². The maximum Gasteiger partial charge on any atom is 0.335 e. The van der Waals surface area contributed by atoms with Gasteiger partial charge in [-0.05, 0) is 68.2 Å². The molecule has 2 aromatic rings. The molecule has 2 heterocycles. The van der Waals surface area contributed by atoms with Crippen molar-refractivity contribution in [3.05, 3.63) is 46.3 Å². The molecule has 1 unspecified atom stereocenters. The predicted molar refractivity (Wildman–Crippen MR) is 108 cm³/mol. The smallest absolute Gasteiger partial charge is 0.335 e. The quantitative estimate of drug-likeness (QED) is 0.839. The Bertz CT molecular complexity index is 950. The number of hydrogen-bond donors (Lipinski definition) is 1. The number of aromatic carboxylic acids is 1. The van der Waals surface area contributed by atoms with Gasteiger partial charge in [0.2, 0.25) is 0 Å². The third kappa shape index (κ3) is 3.73. The summed E-state index contributed by atoms with van der Waals surface area (Å²) in [5, 5.41) is 13.9. The van der Waals surface area contributed by atoms with Crippen LogP contribution in [0.3, 0.4) is 0 Å². The number of ether oxygens (including phenoxy) is 1. The number of aryl methyl sites for hydroxylation is 2. The van der Waals surface area contributed by atoms with E-state index in [1.165, 1.54) is 0 Å². The minimum absolute atomic E-state index is 0.0666. The molecule has 1 aromatic heterocycles. The van der Waals surface area contributed by atoms with Crippen LogP contribution in [0.25, 0.3) is 0 Å². The van der Waals surface area contributed by atoms with Gasteiger partial charge in [0.1, 0.15) is 11.4 Å². The summed E-state index contributed by atoms with van der Waals surface area (Å²) in [5.41, 5.74) is 4.08. The molecule has 1 aliphatic carbocycles. The summed E-state index contributed by atoms with van der Waals surface area (Å²) in [6.45, 7) is 1.38. The van der Waals surface area contributed by atoms with Gasteiger partial charge in [0.05, 0.1) is 18.4 Å². The Labute approximate surface area is 170 Å². The number of amides is 1. The lowest BCUT2D eigenvalue weighted by molar-refractivity contribution is 0.0696. The first-order valence-electron chi connectivity index (χ1n) is 10.2. The van der Waals surface area contributed by atoms with Crippen molar-refractivity contribution in [3.8, 4) is 5.75 Å². The summed E-state index contributed by atoms with van der Waals surface area (Å²) in [6.07, 6.45) is 5.73. The van der Waals surface area contributed by atoms with E-state index in [-0.39, 0.29) is 17.4 Å². The zero-order valence-corrected chi connectivity index (χ0v) is 17.0. The van der Waals surface area contributed by atoms with Crippen LogP contribution in [0.2, 0.25) is 0 Å². The summed E-state index contributed by atoms with van der Waals surface area (Å²) in [4.78, 5) is 26.5. The van der Waals surface area contributed by atoms with Gasteiger partial charge in [0.25, 0.3) is 5.91 Å². The normalized spacial score (nSPS) is 18.6. The van der Waals surface area contributed by atoms with Crippen molar-refractivity contribution < 1.29 is 19.4 Å². The molecule has 1 N–H and O–H groups in total. The molecule has 7 nitrogen and oxygen atoms in total. The fourth-order valence-corrected chi connectivity index (χ4v) is 4.66. The van der Waals surface area contributed by atoms with E-state index in [0.717, 1.165) is 54.6 Å². The molecule has 0 spiro atoms. The number of hydrogen-bond acceptors (Lipinski definition) is 4. The molecule has 1 saturated heterocycles. The molecule has 2 aliphatic rings. The Balaban J connectivity index is 1.49. The minimum atomic E-state index is -0.946. The van der Waals surface area contributed by atoms with E-state index in [4.69, 9.17) is 4.74 Å². The van der Waals surface area contributed by atoms with Crippen molar-refractivity contribution in [2.75, 3.05) is 20.2 Å². The van der Waals surface area contributed by atoms with Gasteiger partial charge in [-0.2, -0.15) is 5.10 Å². The second-order valence-corrected chi connectivity index (χ2v) is 8.05. The zero-order chi connectivity index (χ0) is 20.5. The van der Waals surface area contributed by atoms with Crippen molar-refractivity contribution in [3.63, 3.8) is 0 Å². The summed E-state index contributed by atoms with van der Waals surface area (Å²) in [6, 6.07) is 4.95. The molecule has 1 aliphatic heterocycles. The Kier molecular flexibility index (Phi) is 5.30. The molecule has 29 heavy (non-hydrogen) atoms. The number of nitrogens with zero attached hydrogens (tertiary/aromatic N) is 3. The van der Waals surface area contributed by atoms with Gasteiger partial charge < -0.3 is 14.7 Å². The maximum absolute atomic E-state index is 13.2. The fourth-order valence-electron chi connectivity index (χ4n) is 4.66. The number of carboxylic acids is 1. The summed E-state index contributed by atoms with van der Waals surface area (Å²) >= 11 is 0. The topological polar surface area (TPSA) is 84.7 Å². The van der Waals surface area contributed by atoms with Gasteiger partial charge in [-0.1, -0.05) is 0 Å². The number of benzene rings is 1. The molecule has 4 rings (SSSR count). The van der Waals surface area contributed by atoms with Crippen LogP contribution in [0, 0.1) is 5.92 Å². The summed E-state index contributed by atoms with van der Waals surface area (Å²) in [7, 11) is 3.46. The highest BCUT2D eigenvalue weighted by Gasteiger charge is 2.32. The lowest BCUT2D eigenvalue weighted by Crippen LogP contribution is -2.31. The molecule has 0 saturated carbocycles. The minimum Gasteiger partial charge on any atom is -0.496 e. The number of carboxylic acid groups (broad SMARTS) is 1. The van der Waals surface area contributed by atoms with E-state index >= 15 is 0 Å². The Morgan fingerprint density at radius 3 is 2.83 bits per heavy atom. The van der Waals surface area contributed by atoms with Crippen LogP contribution >= 0.6 is 0 Å². The molecule has 1 fully saturated rings. The first-order chi connectivity index (χ1) is 14.0. The number of fused-ring (bicyclic) bond motifs is 1. The van der Waals surface area contributed by atoms with Crippen molar-refractivity contribution in [2.24, 2.45) is 13.0 Å². The molecule has 0 bridgehead atoms. The Morgan fingerprint density at radius 1 is 1.28 bits per heavy atom. The highest BCUT2D eigenvalue weighted by Crippen LogP contribution is 2.30. The van der Waals surface area contributed by atoms with Crippen LogP contribution in [0.15, 0.2) is 18.2 Å². The molecule has 1 atom stereocenters. The average molecular weight is 397 g/mol. The number of rotatable bonds is 5. The van der Waals surface area contributed by atoms with Crippen LogP contribution in [0.1, 0.15) is 56.9 Å². The van der Waals surface area contributed by atoms with Crippen molar-refractivity contribution in [2.45, 2.75) is 38.5 Å². The van der Waals surface area contributed by atoms with E-state index in [9.17, 15) is 14.7 Å². The molecule has 1 aromatic carbocycles. The second-order valence-electron chi connectivity index (χ2n) is 8.05. The van der Waals surface area contributed by atoms with E-state index in [1.54, 1.807) is 30.0 Å². The van der Waals surface area contributed by atoms with Crippen LogP contribution in [-0.4, -0.2) is 51.9 Å². The van der Waals surface area contributed by atoms with E-state index in [0.29, 0.717) is 25.3 Å². The lowest BCUT2D eigenvalue weighted by atomic mass is 9.95. The SMILES string of the molecule is COc1ccc(C(=O)O)cc1CC1CCN(C(=O)c2c3c(nn2C)CCCC3)C1. The van der Waals surface area contributed by atoms with Crippen LogP contribution in [0.5, 0.6) is 5.75 Å². The number of carbonyl (C=O) groups excluding carboxylic acids is 1. The van der Waals surface area contributed by atoms with Gasteiger partial charge in [-0.25, -0.2) is 4.79 Å². The number of aromatic nitrogens is 2. The van der Waals surface area contributed by atoms with Gasteiger partial charge in [-0.3, -0.25) is 9.48 Å². The third-order valence-electron chi connectivity index (χ3n) is 6.13. The highest BCUT2D eigenvalue weighted by atomic mass is 16.5. The summed E-state index contributed by atoms with van der Waals surface area (Å²) < 4.78 is 7.17. The molecule has 1 amide bonds. The second kappa shape index (κ2) is 7.89. The Hall–Kier alpha value is -2.83. The van der Waals surface area contributed by atoms with Crippen molar-refractivity contribution >= 4 is 11.9 Å². The number of carbonyl (C=O) groups is 2. The molecular weight excluding hydrogens is 370 g/mol. The standard InChI is InChI=1S/C22H27N3O4/c1-24-20(17-5-3-4-6-18(17)23-24)21(26)25-10-9-14(13-25)11-16-12-15(22(27)28)7-8-19(16)29-2/h7-8,12,14H,3-6,9-11,13H2,1-2H3,(H,27,28). The molecule has 0 radical (unpaired) electrons. The van der Waals surface area contributed by atoms with Crippen molar-refractivity contribution in [1.82, 2.24) is 14.7 Å². The van der Waals surface area contributed by atoms with E-state index in [1.807, 2.05) is 11.9 Å². The Morgan fingerprint density at radius 2 is 2.07 bits per heavy atom. The largest absolute Gasteiger partial charge is 0.496 e. The third-order valence-corrected chi connectivity index (χ3v) is 6.13. The fraction of sp³-hybridized carbons (Fsp3) is 0.500.